The average molecular weight is 272 g/mol. The van der Waals surface area contributed by atoms with Gasteiger partial charge in [-0.3, -0.25) is 4.79 Å². The molecule has 1 aliphatic heterocycles. The van der Waals surface area contributed by atoms with Crippen LogP contribution in [0.5, 0.6) is 5.75 Å². The summed E-state index contributed by atoms with van der Waals surface area (Å²) in [6.45, 7) is 0. The number of rotatable bonds is 2. The van der Waals surface area contributed by atoms with E-state index >= 15 is 0 Å². The minimum atomic E-state index is -0.464. The van der Waals surface area contributed by atoms with Crippen LogP contribution in [0.3, 0.4) is 0 Å². The molecule has 0 aromatic heterocycles. The first-order valence-corrected chi connectivity index (χ1v) is 6.27. The topological polar surface area (TPSA) is 61.4 Å². The number of aromatic hydroxyl groups is 1. The third-order valence-electron chi connectivity index (χ3n) is 3.28. The molecule has 3 rings (SSSR count). The second-order valence-electron chi connectivity index (χ2n) is 4.72. The highest BCUT2D eigenvalue weighted by molar-refractivity contribution is 6.03. The Balaban J connectivity index is 1.82. The summed E-state index contributed by atoms with van der Waals surface area (Å²) < 4.78 is 13.6. The molecule has 4 nitrogen and oxygen atoms in total. The van der Waals surface area contributed by atoms with E-state index in [1.54, 1.807) is 36.4 Å². The number of halogens is 1. The maximum atomic E-state index is 13.6. The number of carbonyl (C=O) groups is 1. The van der Waals surface area contributed by atoms with Crippen molar-refractivity contribution in [3.8, 4) is 5.75 Å². The van der Waals surface area contributed by atoms with E-state index in [2.05, 4.69) is 10.6 Å². The predicted octanol–water partition coefficient (Wildman–Crippen LogP) is 2.51. The van der Waals surface area contributed by atoms with Crippen LogP contribution >= 0.6 is 0 Å². The van der Waals surface area contributed by atoms with Crippen LogP contribution in [-0.2, 0) is 11.2 Å². The van der Waals surface area contributed by atoms with E-state index in [4.69, 9.17) is 0 Å². The monoisotopic (exact) mass is 272 g/mol. The number of anilines is 2. The van der Waals surface area contributed by atoms with Crippen LogP contribution in [0.2, 0.25) is 0 Å². The molecule has 0 saturated heterocycles. The lowest BCUT2D eigenvalue weighted by atomic mass is 10.0. The number of hydrogen-bond acceptors (Lipinski definition) is 3. The molecular weight excluding hydrogens is 259 g/mol. The number of fused-ring (bicyclic) bond motifs is 1. The van der Waals surface area contributed by atoms with Crippen LogP contribution in [0.15, 0.2) is 42.5 Å². The molecule has 0 aliphatic carbocycles. The first kappa shape index (κ1) is 12.5. The van der Waals surface area contributed by atoms with Gasteiger partial charge in [0.05, 0.1) is 5.69 Å². The normalized spacial score (nSPS) is 17.1. The molecule has 5 heteroatoms. The summed E-state index contributed by atoms with van der Waals surface area (Å²) >= 11 is 0. The van der Waals surface area contributed by atoms with E-state index in [-0.39, 0.29) is 17.3 Å². The number of phenolic OH excluding ortho intramolecular Hbond substituents is 1. The van der Waals surface area contributed by atoms with Crippen molar-refractivity contribution in [2.45, 2.75) is 12.5 Å². The Labute approximate surface area is 115 Å². The first-order valence-electron chi connectivity index (χ1n) is 6.27. The molecule has 3 N–H and O–H groups in total. The zero-order valence-corrected chi connectivity index (χ0v) is 10.6. The molecule has 2 aromatic carbocycles. The van der Waals surface area contributed by atoms with Crippen LogP contribution in [0.25, 0.3) is 0 Å². The highest BCUT2D eigenvalue weighted by Crippen LogP contribution is 2.30. The SMILES string of the molecule is O=C1Nc2c(F)cccc2NC1Cc1ccc(O)cc1. The minimum Gasteiger partial charge on any atom is -0.508 e. The van der Waals surface area contributed by atoms with Gasteiger partial charge in [-0.15, -0.1) is 0 Å². The number of para-hydroxylation sites is 1. The van der Waals surface area contributed by atoms with Crippen LogP contribution < -0.4 is 10.6 Å². The number of amides is 1. The Morgan fingerprint density at radius 1 is 1.15 bits per heavy atom. The predicted molar refractivity (Wildman–Crippen MR) is 74.3 cm³/mol. The van der Waals surface area contributed by atoms with E-state index < -0.39 is 11.9 Å². The molecule has 0 bridgehead atoms. The number of phenols is 1. The van der Waals surface area contributed by atoms with Gasteiger partial charge in [-0.05, 0) is 29.8 Å². The van der Waals surface area contributed by atoms with Crippen molar-refractivity contribution in [1.29, 1.82) is 0 Å². The Morgan fingerprint density at radius 3 is 2.65 bits per heavy atom. The highest BCUT2D eigenvalue weighted by Gasteiger charge is 2.27. The smallest absolute Gasteiger partial charge is 0.247 e. The summed E-state index contributed by atoms with van der Waals surface area (Å²) in [5, 5.41) is 14.9. The molecule has 102 valence electrons. The van der Waals surface area contributed by atoms with Gasteiger partial charge in [-0.1, -0.05) is 18.2 Å². The standard InChI is InChI=1S/C15H13FN2O2/c16-11-2-1-3-12-14(11)18-15(20)13(17-12)8-9-4-6-10(19)7-5-9/h1-7,13,17,19H,8H2,(H,18,20). The molecular formula is C15H13FN2O2. The minimum absolute atomic E-state index is 0.183. The zero-order valence-electron chi connectivity index (χ0n) is 10.6. The van der Waals surface area contributed by atoms with Crippen LogP contribution in [0.4, 0.5) is 15.8 Å². The molecule has 0 spiro atoms. The summed E-state index contributed by atoms with van der Waals surface area (Å²) in [6.07, 6.45) is 0.460. The third kappa shape index (κ3) is 2.30. The van der Waals surface area contributed by atoms with Crippen molar-refractivity contribution < 1.29 is 14.3 Å². The van der Waals surface area contributed by atoms with E-state index in [0.29, 0.717) is 12.1 Å². The Bertz CT molecular complexity index is 655. The molecule has 2 aromatic rings. The maximum absolute atomic E-state index is 13.6. The third-order valence-corrected chi connectivity index (χ3v) is 3.28. The van der Waals surface area contributed by atoms with Gasteiger partial charge in [-0.25, -0.2) is 4.39 Å². The maximum Gasteiger partial charge on any atom is 0.247 e. The van der Waals surface area contributed by atoms with Crippen molar-refractivity contribution in [3.63, 3.8) is 0 Å². The van der Waals surface area contributed by atoms with Crippen molar-refractivity contribution >= 4 is 17.3 Å². The van der Waals surface area contributed by atoms with Gasteiger partial charge in [0.25, 0.3) is 0 Å². The molecule has 1 atom stereocenters. The van der Waals surface area contributed by atoms with Gasteiger partial charge >= 0.3 is 0 Å². The lowest BCUT2D eigenvalue weighted by Gasteiger charge is -2.27. The average Bonchev–Trinajstić information content (AvgIpc) is 2.43. The lowest BCUT2D eigenvalue weighted by molar-refractivity contribution is -0.117. The fourth-order valence-corrected chi connectivity index (χ4v) is 2.25. The fraction of sp³-hybridized carbons (Fsp3) is 0.133. The second-order valence-corrected chi connectivity index (χ2v) is 4.72. The molecule has 1 heterocycles. The van der Waals surface area contributed by atoms with E-state index in [9.17, 15) is 14.3 Å². The van der Waals surface area contributed by atoms with E-state index in [0.717, 1.165) is 5.56 Å². The fourth-order valence-electron chi connectivity index (χ4n) is 2.25. The molecule has 0 fully saturated rings. The number of carbonyl (C=O) groups excluding carboxylic acids is 1. The molecule has 1 aliphatic rings. The first-order chi connectivity index (χ1) is 9.63. The number of nitrogens with one attached hydrogen (secondary N) is 2. The molecule has 0 saturated carbocycles. The second kappa shape index (κ2) is 4.85. The Kier molecular flexibility index (Phi) is 3.02. The van der Waals surface area contributed by atoms with E-state index in [1.165, 1.54) is 6.07 Å². The van der Waals surface area contributed by atoms with Crippen LogP contribution in [0.1, 0.15) is 5.56 Å². The summed E-state index contributed by atoms with van der Waals surface area (Å²) in [6, 6.07) is 10.8. The quantitative estimate of drug-likeness (QED) is 0.787. The number of hydrogen-bond donors (Lipinski definition) is 3. The van der Waals surface area contributed by atoms with Gasteiger partial charge in [0.15, 0.2) is 0 Å². The van der Waals surface area contributed by atoms with E-state index in [1.807, 2.05) is 0 Å². The summed E-state index contributed by atoms with van der Waals surface area (Å²) in [4.78, 5) is 12.0. The van der Waals surface area contributed by atoms with Crippen molar-refractivity contribution in [1.82, 2.24) is 0 Å². The van der Waals surface area contributed by atoms with Crippen molar-refractivity contribution in [2.75, 3.05) is 10.6 Å². The lowest BCUT2D eigenvalue weighted by Crippen LogP contribution is -2.40. The number of benzene rings is 2. The van der Waals surface area contributed by atoms with Gasteiger partial charge in [0, 0.05) is 6.42 Å². The molecule has 0 radical (unpaired) electrons. The Morgan fingerprint density at radius 2 is 1.90 bits per heavy atom. The summed E-state index contributed by atoms with van der Waals surface area (Å²) in [7, 11) is 0. The van der Waals surface area contributed by atoms with Gasteiger partial charge in [-0.2, -0.15) is 0 Å². The van der Waals surface area contributed by atoms with Gasteiger partial charge in [0.2, 0.25) is 5.91 Å². The van der Waals surface area contributed by atoms with Crippen molar-refractivity contribution in [2.24, 2.45) is 0 Å². The van der Waals surface area contributed by atoms with Crippen molar-refractivity contribution in [3.05, 3.63) is 53.8 Å². The zero-order chi connectivity index (χ0) is 14.1. The summed E-state index contributed by atoms with van der Waals surface area (Å²) in [5.41, 5.74) is 1.68. The van der Waals surface area contributed by atoms with Gasteiger partial charge in [0.1, 0.15) is 23.3 Å². The largest absolute Gasteiger partial charge is 0.508 e. The highest BCUT2D eigenvalue weighted by atomic mass is 19.1. The molecule has 20 heavy (non-hydrogen) atoms. The summed E-state index contributed by atoms with van der Waals surface area (Å²) in [5.74, 6) is -0.538. The molecule has 1 unspecified atom stereocenters. The Hall–Kier alpha value is -2.56. The van der Waals surface area contributed by atoms with Gasteiger partial charge < -0.3 is 15.7 Å². The van der Waals surface area contributed by atoms with Crippen LogP contribution in [-0.4, -0.2) is 17.1 Å². The molecule has 1 amide bonds. The van der Waals surface area contributed by atoms with Crippen LogP contribution in [0, 0.1) is 5.82 Å².